The van der Waals surface area contributed by atoms with Gasteiger partial charge in [-0.15, -0.1) is 0 Å². The van der Waals surface area contributed by atoms with Gasteiger partial charge in [-0.1, -0.05) is 11.3 Å². The highest BCUT2D eigenvalue weighted by Crippen LogP contribution is 2.27. The lowest BCUT2D eigenvalue weighted by Gasteiger charge is -2.29. The smallest absolute Gasteiger partial charge is 0.178 e. The number of hydrogen-bond acceptors (Lipinski definition) is 5. The molecule has 0 aliphatic carbocycles. The topological polar surface area (TPSA) is 46.1 Å². The summed E-state index contributed by atoms with van der Waals surface area (Å²) in [4.78, 5) is 22.8. The van der Waals surface area contributed by atoms with Crippen molar-refractivity contribution in [2.45, 2.75) is 18.8 Å². The highest BCUT2D eigenvalue weighted by atomic mass is 32.1. The highest BCUT2D eigenvalue weighted by molar-refractivity contribution is 7.19. The lowest BCUT2D eigenvalue weighted by molar-refractivity contribution is 0.112. The van der Waals surface area contributed by atoms with E-state index in [4.69, 9.17) is 0 Å². The molecule has 2 aromatic heterocycles. The van der Waals surface area contributed by atoms with Crippen LogP contribution in [0.15, 0.2) is 12.1 Å². The number of fused-ring (bicyclic) bond motifs is 1. The number of likely N-dealkylation sites (tertiary alicyclic amines) is 1. The maximum Gasteiger partial charge on any atom is 0.178 e. The first-order valence-corrected chi connectivity index (χ1v) is 6.99. The monoisotopic (exact) mass is 261 g/mol. The van der Waals surface area contributed by atoms with E-state index in [1.807, 2.05) is 6.07 Å². The molecule has 0 saturated carbocycles. The Kier molecular flexibility index (Phi) is 3.09. The first-order valence-electron chi connectivity index (χ1n) is 6.17. The van der Waals surface area contributed by atoms with Crippen LogP contribution in [0.25, 0.3) is 10.3 Å². The second-order valence-electron chi connectivity index (χ2n) is 4.83. The third kappa shape index (κ3) is 2.15. The number of thiazole rings is 1. The summed E-state index contributed by atoms with van der Waals surface area (Å²) in [6, 6.07) is 4.04. The van der Waals surface area contributed by atoms with E-state index in [1.54, 1.807) is 0 Å². The van der Waals surface area contributed by atoms with Crippen molar-refractivity contribution in [2.24, 2.45) is 0 Å². The second-order valence-corrected chi connectivity index (χ2v) is 5.84. The molecule has 4 nitrogen and oxygen atoms in total. The van der Waals surface area contributed by atoms with Crippen molar-refractivity contribution in [2.75, 3.05) is 20.1 Å². The summed E-state index contributed by atoms with van der Waals surface area (Å²) >= 11 is 1.37. The van der Waals surface area contributed by atoms with E-state index < -0.39 is 0 Å². The number of hydrogen-bond donors (Lipinski definition) is 0. The average Bonchev–Trinajstić information content (AvgIpc) is 2.80. The minimum atomic E-state index is 0.509. The fraction of sp³-hybridized carbons (Fsp3) is 0.462. The summed E-state index contributed by atoms with van der Waals surface area (Å²) in [5, 5.41) is 0.510. The maximum absolute atomic E-state index is 10.7. The lowest BCUT2D eigenvalue weighted by Crippen LogP contribution is -2.31. The van der Waals surface area contributed by atoms with Crippen LogP contribution >= 0.6 is 11.3 Å². The zero-order valence-electron chi connectivity index (χ0n) is 10.3. The minimum absolute atomic E-state index is 0.509. The number of pyridine rings is 1. The van der Waals surface area contributed by atoms with Gasteiger partial charge in [-0.2, -0.15) is 0 Å². The molecule has 18 heavy (non-hydrogen) atoms. The Hall–Kier alpha value is -1.33. The Bertz CT molecular complexity index is 581. The van der Waals surface area contributed by atoms with E-state index in [0.717, 1.165) is 28.9 Å². The Morgan fingerprint density at radius 2 is 2.33 bits per heavy atom. The van der Waals surface area contributed by atoms with Crippen LogP contribution < -0.4 is 0 Å². The number of aromatic nitrogens is 2. The van der Waals surface area contributed by atoms with E-state index in [-0.39, 0.29) is 0 Å². The van der Waals surface area contributed by atoms with Gasteiger partial charge in [-0.05, 0) is 38.6 Å². The SMILES string of the molecule is CN1CCCC(c2ccc3nc(C=O)sc3n2)C1. The fourth-order valence-corrected chi connectivity index (χ4v) is 3.29. The third-order valence-corrected chi connectivity index (χ3v) is 4.33. The van der Waals surface area contributed by atoms with Crippen LogP contribution in [0.4, 0.5) is 0 Å². The third-order valence-electron chi connectivity index (χ3n) is 3.44. The fourth-order valence-electron chi connectivity index (χ4n) is 2.53. The van der Waals surface area contributed by atoms with Gasteiger partial charge in [0, 0.05) is 18.2 Å². The Balaban J connectivity index is 1.94. The maximum atomic E-state index is 10.7. The standard InChI is InChI=1S/C13H15N3OS/c1-16-6-2-3-9(7-16)10-4-5-11-13(15-10)18-12(8-17)14-11/h4-5,8-9H,2-3,6-7H2,1H3. The molecule has 5 heteroatoms. The van der Waals surface area contributed by atoms with E-state index in [2.05, 4.69) is 28.0 Å². The predicted octanol–water partition coefficient (Wildman–Crippen LogP) is 2.31. The number of aldehydes is 1. The molecule has 3 rings (SSSR count). The number of carbonyl (C=O) groups is 1. The summed E-state index contributed by atoms with van der Waals surface area (Å²) < 4.78 is 0. The molecule has 2 aromatic rings. The Morgan fingerprint density at radius 1 is 1.44 bits per heavy atom. The van der Waals surface area contributed by atoms with Crippen molar-refractivity contribution in [1.82, 2.24) is 14.9 Å². The van der Waals surface area contributed by atoms with Crippen molar-refractivity contribution in [3.63, 3.8) is 0 Å². The molecule has 1 saturated heterocycles. The van der Waals surface area contributed by atoms with Gasteiger partial charge in [-0.3, -0.25) is 4.79 Å². The van der Waals surface area contributed by atoms with Gasteiger partial charge in [0.05, 0.1) is 0 Å². The van der Waals surface area contributed by atoms with E-state index in [9.17, 15) is 4.79 Å². The van der Waals surface area contributed by atoms with E-state index in [0.29, 0.717) is 10.9 Å². The molecule has 3 heterocycles. The van der Waals surface area contributed by atoms with E-state index in [1.165, 1.54) is 30.7 Å². The molecule has 1 fully saturated rings. The minimum Gasteiger partial charge on any atom is -0.306 e. The first kappa shape index (κ1) is 11.7. The molecule has 1 atom stereocenters. The van der Waals surface area contributed by atoms with Crippen molar-refractivity contribution in [3.05, 3.63) is 22.8 Å². The van der Waals surface area contributed by atoms with Crippen LogP contribution in [0, 0.1) is 0 Å². The molecule has 1 unspecified atom stereocenters. The van der Waals surface area contributed by atoms with Gasteiger partial charge in [0.15, 0.2) is 11.3 Å². The molecular weight excluding hydrogens is 246 g/mol. The predicted molar refractivity (Wildman–Crippen MR) is 72.3 cm³/mol. The summed E-state index contributed by atoms with van der Waals surface area (Å²) in [7, 11) is 2.15. The zero-order valence-corrected chi connectivity index (χ0v) is 11.1. The highest BCUT2D eigenvalue weighted by Gasteiger charge is 2.20. The van der Waals surface area contributed by atoms with E-state index >= 15 is 0 Å². The Labute approximate surface area is 110 Å². The molecular formula is C13H15N3OS. The number of nitrogens with zero attached hydrogens (tertiary/aromatic N) is 3. The number of rotatable bonds is 2. The van der Waals surface area contributed by atoms with Crippen LogP contribution in [0.1, 0.15) is 34.3 Å². The number of carbonyl (C=O) groups excluding carboxylic acids is 1. The van der Waals surface area contributed by atoms with Crippen LogP contribution in [0.5, 0.6) is 0 Å². The van der Waals surface area contributed by atoms with Crippen molar-refractivity contribution in [1.29, 1.82) is 0 Å². The van der Waals surface area contributed by atoms with Gasteiger partial charge in [0.1, 0.15) is 10.3 Å². The number of piperidine rings is 1. The zero-order chi connectivity index (χ0) is 12.5. The molecule has 0 radical (unpaired) electrons. The number of likely N-dealkylation sites (N-methyl/N-ethyl adjacent to an activating group) is 1. The lowest BCUT2D eigenvalue weighted by atomic mass is 9.95. The molecule has 0 amide bonds. The van der Waals surface area contributed by atoms with Crippen molar-refractivity contribution >= 4 is 28.0 Å². The molecule has 0 spiro atoms. The first-order chi connectivity index (χ1) is 8.76. The molecule has 1 aliphatic heterocycles. The summed E-state index contributed by atoms with van der Waals surface area (Å²) in [5.41, 5.74) is 1.96. The van der Waals surface area contributed by atoms with Crippen LogP contribution in [-0.4, -0.2) is 41.3 Å². The van der Waals surface area contributed by atoms with Crippen molar-refractivity contribution < 1.29 is 4.79 Å². The Morgan fingerprint density at radius 3 is 3.11 bits per heavy atom. The van der Waals surface area contributed by atoms with Crippen LogP contribution in [-0.2, 0) is 0 Å². The normalized spacial score (nSPS) is 21.3. The average molecular weight is 261 g/mol. The van der Waals surface area contributed by atoms with Crippen LogP contribution in [0.2, 0.25) is 0 Å². The quantitative estimate of drug-likeness (QED) is 0.778. The summed E-state index contributed by atoms with van der Waals surface area (Å²) in [5.74, 6) is 0.509. The van der Waals surface area contributed by atoms with Gasteiger partial charge in [0.25, 0.3) is 0 Å². The van der Waals surface area contributed by atoms with Gasteiger partial charge in [0.2, 0.25) is 0 Å². The van der Waals surface area contributed by atoms with Gasteiger partial charge < -0.3 is 4.90 Å². The molecule has 1 aliphatic rings. The molecule has 0 aromatic carbocycles. The van der Waals surface area contributed by atoms with Crippen LogP contribution in [0.3, 0.4) is 0 Å². The molecule has 0 bridgehead atoms. The summed E-state index contributed by atoms with van der Waals surface area (Å²) in [6.45, 7) is 2.24. The second kappa shape index (κ2) is 4.74. The van der Waals surface area contributed by atoms with Crippen molar-refractivity contribution in [3.8, 4) is 0 Å². The summed E-state index contributed by atoms with van der Waals surface area (Å²) in [6.07, 6.45) is 3.21. The molecule has 94 valence electrons. The van der Waals surface area contributed by atoms with Gasteiger partial charge in [-0.25, -0.2) is 9.97 Å². The molecule has 0 N–H and O–H groups in total. The van der Waals surface area contributed by atoms with Gasteiger partial charge >= 0.3 is 0 Å². The largest absolute Gasteiger partial charge is 0.306 e.